The topological polar surface area (TPSA) is 57.5 Å². The van der Waals surface area contributed by atoms with Crippen LogP contribution in [0, 0.1) is 56.2 Å². The minimum absolute atomic E-state index is 0.0961. The van der Waals surface area contributed by atoms with Crippen molar-refractivity contribution in [2.45, 2.75) is 113 Å². The first-order valence-corrected chi connectivity index (χ1v) is 14.2. The van der Waals surface area contributed by atoms with Gasteiger partial charge in [-0.15, -0.1) is 0 Å². The van der Waals surface area contributed by atoms with Gasteiger partial charge in [-0.25, -0.2) is 0 Å². The van der Waals surface area contributed by atoms with Gasteiger partial charge in [0, 0.05) is 6.61 Å². The van der Waals surface area contributed by atoms with Crippen molar-refractivity contribution in [2.24, 2.45) is 56.2 Å². The minimum Gasteiger partial charge on any atom is -0.481 e. The molecule has 0 spiro atoms. The monoisotopic (exact) mass is 470 g/mol. The predicted octanol–water partition coefficient (Wildman–Crippen LogP) is 7.48. The third-order valence-electron chi connectivity index (χ3n) is 13.5. The summed E-state index contributed by atoms with van der Waals surface area (Å²) in [4.78, 5) is 12.8. The summed E-state index contributed by atoms with van der Waals surface area (Å²) < 4.78 is 0. The maximum Gasteiger partial charge on any atom is 0.310 e. The van der Waals surface area contributed by atoms with Crippen LogP contribution in [-0.4, -0.2) is 22.8 Å². The molecule has 0 saturated heterocycles. The van der Waals surface area contributed by atoms with Crippen LogP contribution in [-0.2, 0) is 4.79 Å². The zero-order chi connectivity index (χ0) is 24.9. The number of aliphatic carboxylic acids is 1. The average Bonchev–Trinajstić information content (AvgIpc) is 2.73. The Hall–Kier alpha value is -0.830. The zero-order valence-electron chi connectivity index (χ0n) is 23.0. The summed E-state index contributed by atoms with van der Waals surface area (Å²) in [5, 5.41) is 20.7. The number of hydrogen-bond donors (Lipinski definition) is 2. The van der Waals surface area contributed by atoms with Crippen LogP contribution < -0.4 is 0 Å². The molecule has 2 N–H and O–H groups in total. The van der Waals surface area contributed by atoms with Crippen molar-refractivity contribution in [3.05, 3.63) is 11.6 Å². The van der Waals surface area contributed by atoms with Gasteiger partial charge in [-0.2, -0.15) is 0 Å². The zero-order valence-corrected chi connectivity index (χ0v) is 23.0. The number of fused-ring (bicyclic) bond motifs is 7. The van der Waals surface area contributed by atoms with E-state index in [2.05, 4.69) is 54.5 Å². The number of allylic oxidation sites excluding steroid dienone is 2. The van der Waals surface area contributed by atoms with E-state index in [1.165, 1.54) is 24.8 Å². The molecule has 3 heteroatoms. The Morgan fingerprint density at radius 2 is 1.59 bits per heavy atom. The molecule has 0 aliphatic heterocycles. The lowest BCUT2D eigenvalue weighted by Crippen LogP contribution is -2.64. The quantitative estimate of drug-likeness (QED) is 0.411. The fourth-order valence-corrected chi connectivity index (χ4v) is 11.0. The highest BCUT2D eigenvalue weighted by Crippen LogP contribution is 2.76. The first-order valence-electron chi connectivity index (χ1n) is 14.2. The molecule has 8 atom stereocenters. The second-order valence-corrected chi connectivity index (χ2v) is 15.4. The number of aliphatic hydroxyl groups is 1. The number of aliphatic hydroxyl groups excluding tert-OH is 1. The van der Waals surface area contributed by atoms with E-state index >= 15 is 0 Å². The van der Waals surface area contributed by atoms with Crippen LogP contribution in [0.4, 0.5) is 0 Å². The second-order valence-electron chi connectivity index (χ2n) is 15.4. The van der Waals surface area contributed by atoms with E-state index in [4.69, 9.17) is 0 Å². The molecule has 192 valence electrons. The van der Waals surface area contributed by atoms with Gasteiger partial charge < -0.3 is 10.2 Å². The SMILES string of the molecule is CC1(C)CC[C@]2(C(=O)O)CC[C@]3(C)C(=CCC4[C@@]5(C)CC[C@H](CO)C(C)(C)C5CC[C@]43C)C2C1. The Labute approximate surface area is 208 Å². The van der Waals surface area contributed by atoms with E-state index in [0.717, 1.165) is 44.9 Å². The van der Waals surface area contributed by atoms with Gasteiger partial charge in [-0.05, 0) is 115 Å². The van der Waals surface area contributed by atoms with Crippen molar-refractivity contribution in [1.82, 2.24) is 0 Å². The summed E-state index contributed by atoms with van der Waals surface area (Å²) in [7, 11) is 0. The van der Waals surface area contributed by atoms with E-state index in [1.54, 1.807) is 0 Å². The van der Waals surface area contributed by atoms with Gasteiger partial charge in [-0.3, -0.25) is 4.79 Å². The molecular formula is C31H50O3. The molecule has 0 aromatic heterocycles. The lowest BCUT2D eigenvalue weighted by molar-refractivity contribution is -0.199. The highest BCUT2D eigenvalue weighted by Gasteiger charge is 2.69. The van der Waals surface area contributed by atoms with Crippen LogP contribution in [0.15, 0.2) is 11.6 Å². The number of carboxylic acids is 1. The summed E-state index contributed by atoms with van der Waals surface area (Å²) >= 11 is 0. The smallest absolute Gasteiger partial charge is 0.310 e. The number of hydrogen-bond acceptors (Lipinski definition) is 2. The summed E-state index contributed by atoms with van der Waals surface area (Å²) in [5.41, 5.74) is 1.98. The molecule has 0 amide bonds. The fraction of sp³-hybridized carbons (Fsp3) is 0.903. The molecule has 3 nitrogen and oxygen atoms in total. The third kappa shape index (κ3) is 2.94. The number of carboxylic acid groups (broad SMARTS) is 1. The van der Waals surface area contributed by atoms with Crippen molar-refractivity contribution in [1.29, 1.82) is 0 Å². The van der Waals surface area contributed by atoms with Crippen LogP contribution >= 0.6 is 0 Å². The average molecular weight is 471 g/mol. The lowest BCUT2D eigenvalue weighted by Gasteiger charge is -2.71. The molecule has 5 rings (SSSR count). The van der Waals surface area contributed by atoms with E-state index in [0.29, 0.717) is 29.8 Å². The maximum atomic E-state index is 12.8. The van der Waals surface area contributed by atoms with Gasteiger partial charge in [0.2, 0.25) is 0 Å². The van der Waals surface area contributed by atoms with Gasteiger partial charge in [0.05, 0.1) is 5.41 Å². The van der Waals surface area contributed by atoms with Crippen molar-refractivity contribution < 1.29 is 15.0 Å². The standard InChI is InChI=1S/C31H50O3/c1-26(2)14-16-31(25(33)34)17-15-29(6)21(22(31)18-26)8-9-24-28(5)12-10-20(19-32)27(3,4)23(28)11-13-30(24,29)7/h8,20,22-24,32H,9-19H2,1-7H3,(H,33,34)/t20-,22?,23?,24?,28+,29-,30-,31+/m1/s1. The molecular weight excluding hydrogens is 420 g/mol. The Balaban J connectivity index is 1.58. The molecule has 4 fully saturated rings. The summed E-state index contributed by atoms with van der Waals surface area (Å²) in [6.07, 6.45) is 13.3. The minimum atomic E-state index is -0.549. The first-order chi connectivity index (χ1) is 15.7. The Morgan fingerprint density at radius 3 is 2.24 bits per heavy atom. The molecule has 5 aliphatic carbocycles. The van der Waals surface area contributed by atoms with Crippen molar-refractivity contribution >= 4 is 5.97 Å². The molecule has 4 saturated carbocycles. The Morgan fingerprint density at radius 1 is 0.912 bits per heavy atom. The molecule has 0 heterocycles. The van der Waals surface area contributed by atoms with Crippen LogP contribution in [0.2, 0.25) is 0 Å². The summed E-state index contributed by atoms with van der Waals surface area (Å²) in [6.45, 7) is 17.6. The predicted molar refractivity (Wildman–Crippen MR) is 137 cm³/mol. The van der Waals surface area contributed by atoms with Crippen molar-refractivity contribution in [3.8, 4) is 0 Å². The largest absolute Gasteiger partial charge is 0.481 e. The molecule has 0 radical (unpaired) electrons. The molecule has 0 aromatic rings. The number of rotatable bonds is 2. The lowest BCUT2D eigenvalue weighted by atomic mass is 9.33. The first kappa shape index (κ1) is 24.8. The van der Waals surface area contributed by atoms with Crippen LogP contribution in [0.25, 0.3) is 0 Å². The van der Waals surface area contributed by atoms with Crippen LogP contribution in [0.3, 0.4) is 0 Å². The summed E-state index contributed by atoms with van der Waals surface area (Å²) in [6, 6.07) is 0. The normalized spacial score (nSPS) is 51.2. The van der Waals surface area contributed by atoms with Gasteiger partial charge in [-0.1, -0.05) is 60.1 Å². The fourth-order valence-electron chi connectivity index (χ4n) is 11.0. The van der Waals surface area contributed by atoms with Gasteiger partial charge in [0.1, 0.15) is 0 Å². The van der Waals surface area contributed by atoms with E-state index in [9.17, 15) is 15.0 Å². The van der Waals surface area contributed by atoms with Crippen molar-refractivity contribution in [3.63, 3.8) is 0 Å². The maximum absolute atomic E-state index is 12.8. The van der Waals surface area contributed by atoms with Gasteiger partial charge in [0.25, 0.3) is 0 Å². The highest BCUT2D eigenvalue weighted by atomic mass is 16.4. The molecule has 34 heavy (non-hydrogen) atoms. The highest BCUT2D eigenvalue weighted by molar-refractivity contribution is 5.76. The Bertz CT molecular complexity index is 900. The van der Waals surface area contributed by atoms with E-state index in [1.807, 2.05) is 0 Å². The van der Waals surface area contributed by atoms with Crippen LogP contribution in [0.1, 0.15) is 113 Å². The molecule has 0 aromatic carbocycles. The third-order valence-corrected chi connectivity index (χ3v) is 13.5. The molecule has 3 unspecified atom stereocenters. The Kier molecular flexibility index (Phi) is 5.38. The number of carbonyl (C=O) groups is 1. The molecule has 0 bridgehead atoms. The second kappa shape index (κ2) is 7.36. The van der Waals surface area contributed by atoms with Gasteiger partial charge >= 0.3 is 5.97 Å². The van der Waals surface area contributed by atoms with Gasteiger partial charge in [0.15, 0.2) is 0 Å². The molecule has 5 aliphatic rings. The van der Waals surface area contributed by atoms with E-state index < -0.39 is 11.4 Å². The van der Waals surface area contributed by atoms with E-state index in [-0.39, 0.29) is 27.6 Å². The summed E-state index contributed by atoms with van der Waals surface area (Å²) in [5.74, 6) is 1.36. The van der Waals surface area contributed by atoms with Crippen molar-refractivity contribution in [2.75, 3.05) is 6.61 Å². The van der Waals surface area contributed by atoms with Crippen LogP contribution in [0.5, 0.6) is 0 Å².